The van der Waals surface area contributed by atoms with Crippen molar-refractivity contribution in [3.63, 3.8) is 0 Å². The number of hydrogen-bond donors (Lipinski definition) is 5. The van der Waals surface area contributed by atoms with E-state index in [1.807, 2.05) is 0 Å². The van der Waals surface area contributed by atoms with Crippen LogP contribution < -0.4 is 0 Å². The molecule has 8 nitrogen and oxygen atoms in total. The standard InChI is InChI=1S/C11H20O8/c1-5-6(13)3-11(18-2,10(16)17)19-9(5)8(15)7(14)4-12/h5-9,12-15H,3-4H2,1-2H3,(H,16,17)/t5?,6?,7?,8-,9?,11?/m1/s1. The minimum absolute atomic E-state index is 0.293. The highest BCUT2D eigenvalue weighted by Crippen LogP contribution is 2.35. The van der Waals surface area contributed by atoms with Crippen LogP contribution in [0.5, 0.6) is 0 Å². The van der Waals surface area contributed by atoms with Gasteiger partial charge in [-0.15, -0.1) is 0 Å². The van der Waals surface area contributed by atoms with Crippen molar-refractivity contribution in [3.8, 4) is 0 Å². The second-order valence-electron chi connectivity index (χ2n) is 4.72. The van der Waals surface area contributed by atoms with E-state index < -0.39 is 48.7 Å². The maximum Gasteiger partial charge on any atom is 0.364 e. The molecule has 1 aliphatic heterocycles. The van der Waals surface area contributed by atoms with Gasteiger partial charge in [-0.25, -0.2) is 4.79 Å². The first-order valence-electron chi connectivity index (χ1n) is 5.90. The largest absolute Gasteiger partial charge is 0.477 e. The molecule has 1 saturated heterocycles. The van der Waals surface area contributed by atoms with Gasteiger partial charge in [0.25, 0.3) is 5.79 Å². The zero-order valence-corrected chi connectivity index (χ0v) is 10.8. The molecule has 19 heavy (non-hydrogen) atoms. The number of carboxylic acids is 1. The van der Waals surface area contributed by atoms with Crippen LogP contribution in [0.15, 0.2) is 0 Å². The zero-order chi connectivity index (χ0) is 14.8. The van der Waals surface area contributed by atoms with Crippen molar-refractivity contribution in [2.24, 2.45) is 5.92 Å². The monoisotopic (exact) mass is 280 g/mol. The molecule has 0 spiro atoms. The lowest BCUT2D eigenvalue weighted by Gasteiger charge is -2.44. The number of carbonyl (C=O) groups is 1. The fourth-order valence-electron chi connectivity index (χ4n) is 2.12. The minimum atomic E-state index is -2.08. The van der Waals surface area contributed by atoms with Crippen molar-refractivity contribution in [3.05, 3.63) is 0 Å². The van der Waals surface area contributed by atoms with Gasteiger partial charge < -0.3 is 35.0 Å². The van der Waals surface area contributed by atoms with Gasteiger partial charge in [0, 0.05) is 19.4 Å². The summed E-state index contributed by atoms with van der Waals surface area (Å²) in [7, 11) is 1.11. The highest BCUT2D eigenvalue weighted by molar-refractivity contribution is 5.76. The third-order valence-corrected chi connectivity index (χ3v) is 3.50. The van der Waals surface area contributed by atoms with E-state index in [1.54, 1.807) is 6.92 Å². The molecule has 6 atom stereocenters. The van der Waals surface area contributed by atoms with E-state index in [2.05, 4.69) is 0 Å². The highest BCUT2D eigenvalue weighted by Gasteiger charge is 2.53. The van der Waals surface area contributed by atoms with Crippen molar-refractivity contribution in [1.29, 1.82) is 0 Å². The van der Waals surface area contributed by atoms with E-state index in [-0.39, 0.29) is 6.42 Å². The molecule has 0 aromatic rings. The van der Waals surface area contributed by atoms with E-state index in [0.717, 1.165) is 7.11 Å². The fourth-order valence-corrected chi connectivity index (χ4v) is 2.12. The van der Waals surface area contributed by atoms with Crippen LogP contribution in [-0.2, 0) is 14.3 Å². The molecule has 0 aromatic carbocycles. The Morgan fingerprint density at radius 2 is 2.11 bits per heavy atom. The van der Waals surface area contributed by atoms with E-state index in [1.165, 1.54) is 0 Å². The maximum atomic E-state index is 11.2. The molecule has 0 radical (unpaired) electrons. The van der Waals surface area contributed by atoms with Gasteiger partial charge in [0.15, 0.2) is 0 Å². The van der Waals surface area contributed by atoms with Gasteiger partial charge >= 0.3 is 5.97 Å². The molecule has 1 fully saturated rings. The quantitative estimate of drug-likeness (QED) is 0.387. The Hall–Kier alpha value is -0.770. The van der Waals surface area contributed by atoms with Crippen LogP contribution in [-0.4, -0.2) is 75.4 Å². The number of ether oxygens (including phenoxy) is 2. The lowest BCUT2D eigenvalue weighted by molar-refractivity contribution is -0.310. The van der Waals surface area contributed by atoms with Gasteiger partial charge in [-0.2, -0.15) is 0 Å². The average Bonchev–Trinajstić information content (AvgIpc) is 2.39. The summed E-state index contributed by atoms with van der Waals surface area (Å²) in [5, 5.41) is 47.1. The topological polar surface area (TPSA) is 137 Å². The van der Waals surface area contributed by atoms with E-state index >= 15 is 0 Å². The van der Waals surface area contributed by atoms with Gasteiger partial charge in [-0.05, 0) is 0 Å². The SMILES string of the molecule is COC1(C(=O)O)CC(O)C(C)C([C@H](O)C(O)CO)O1. The van der Waals surface area contributed by atoms with E-state index in [9.17, 15) is 20.1 Å². The Labute approximate surface area is 110 Å². The molecule has 0 aliphatic carbocycles. The number of aliphatic hydroxyl groups excluding tert-OH is 4. The summed E-state index contributed by atoms with van der Waals surface area (Å²) in [4.78, 5) is 11.2. The molecule has 0 amide bonds. The number of methoxy groups -OCH3 is 1. The van der Waals surface area contributed by atoms with Crippen molar-refractivity contribution >= 4 is 5.97 Å². The van der Waals surface area contributed by atoms with Crippen LogP contribution in [0.4, 0.5) is 0 Å². The highest BCUT2D eigenvalue weighted by atomic mass is 16.7. The van der Waals surface area contributed by atoms with Gasteiger partial charge in [0.1, 0.15) is 12.2 Å². The molecular formula is C11H20O8. The molecule has 1 heterocycles. The second kappa shape index (κ2) is 6.12. The first-order chi connectivity index (χ1) is 8.79. The zero-order valence-electron chi connectivity index (χ0n) is 10.8. The Morgan fingerprint density at radius 3 is 2.53 bits per heavy atom. The average molecular weight is 280 g/mol. The predicted octanol–water partition coefficient (Wildman–Crippen LogP) is -2.09. The Kier molecular flexibility index (Phi) is 5.25. The lowest BCUT2D eigenvalue weighted by atomic mass is 9.84. The summed E-state index contributed by atoms with van der Waals surface area (Å²) in [5.41, 5.74) is 0. The van der Waals surface area contributed by atoms with E-state index in [4.69, 9.17) is 19.7 Å². The van der Waals surface area contributed by atoms with Crippen LogP contribution in [0.2, 0.25) is 0 Å². The van der Waals surface area contributed by atoms with Crippen LogP contribution >= 0.6 is 0 Å². The molecule has 1 rings (SSSR count). The summed E-state index contributed by atoms with van der Waals surface area (Å²) < 4.78 is 10.1. The van der Waals surface area contributed by atoms with Crippen molar-refractivity contribution in [2.45, 2.75) is 43.5 Å². The Bertz CT molecular complexity index is 322. The molecular weight excluding hydrogens is 260 g/mol. The van der Waals surface area contributed by atoms with Crippen molar-refractivity contribution in [2.75, 3.05) is 13.7 Å². The van der Waals surface area contributed by atoms with Gasteiger partial charge in [0.05, 0.1) is 18.8 Å². The summed E-state index contributed by atoms with van der Waals surface area (Å²) in [6.45, 7) is 0.834. The smallest absolute Gasteiger partial charge is 0.364 e. The molecule has 0 aromatic heterocycles. The molecule has 5 unspecified atom stereocenters. The van der Waals surface area contributed by atoms with Gasteiger partial charge in [-0.1, -0.05) is 6.92 Å². The molecule has 0 bridgehead atoms. The first-order valence-corrected chi connectivity index (χ1v) is 5.90. The van der Waals surface area contributed by atoms with Crippen LogP contribution in [0, 0.1) is 5.92 Å². The van der Waals surface area contributed by atoms with Crippen molar-refractivity contribution < 1.29 is 39.8 Å². The molecule has 5 N–H and O–H groups in total. The van der Waals surface area contributed by atoms with Crippen LogP contribution in [0.3, 0.4) is 0 Å². The third kappa shape index (κ3) is 3.04. The molecule has 112 valence electrons. The second-order valence-corrected chi connectivity index (χ2v) is 4.72. The fraction of sp³-hybridized carbons (Fsp3) is 0.909. The normalized spacial score (nSPS) is 38.7. The first kappa shape index (κ1) is 16.3. The summed E-state index contributed by atoms with van der Waals surface area (Å²) in [5.74, 6) is -4.14. The van der Waals surface area contributed by atoms with Gasteiger partial charge in [-0.3, -0.25) is 0 Å². The number of hydrogen-bond acceptors (Lipinski definition) is 7. The number of aliphatic carboxylic acids is 1. The van der Waals surface area contributed by atoms with Crippen LogP contribution in [0.25, 0.3) is 0 Å². The Balaban J connectivity index is 2.99. The van der Waals surface area contributed by atoms with Gasteiger partial charge in [0.2, 0.25) is 0 Å². The maximum absolute atomic E-state index is 11.2. The summed E-state index contributed by atoms with van der Waals surface area (Å²) in [6, 6.07) is 0. The molecule has 8 heteroatoms. The number of aliphatic hydroxyl groups is 4. The summed E-state index contributed by atoms with van der Waals surface area (Å²) >= 11 is 0. The van der Waals surface area contributed by atoms with Crippen molar-refractivity contribution in [1.82, 2.24) is 0 Å². The number of rotatable bonds is 5. The van der Waals surface area contributed by atoms with Crippen LogP contribution in [0.1, 0.15) is 13.3 Å². The third-order valence-electron chi connectivity index (χ3n) is 3.50. The number of carboxylic acid groups (broad SMARTS) is 1. The minimum Gasteiger partial charge on any atom is -0.477 e. The lowest BCUT2D eigenvalue weighted by Crippen LogP contribution is -2.60. The molecule has 0 saturated carbocycles. The summed E-state index contributed by atoms with van der Waals surface area (Å²) in [6.07, 6.45) is -5.60. The predicted molar refractivity (Wildman–Crippen MR) is 61.1 cm³/mol. The molecule has 1 aliphatic rings. The van der Waals surface area contributed by atoms with E-state index in [0.29, 0.717) is 0 Å². The Morgan fingerprint density at radius 1 is 1.53 bits per heavy atom.